The fourth-order valence-electron chi connectivity index (χ4n) is 2.93. The van der Waals surface area contributed by atoms with Crippen LogP contribution >= 0.6 is 0 Å². The number of rotatable bonds is 6. The Bertz CT molecular complexity index is 648. The Morgan fingerprint density at radius 1 is 0.958 bits per heavy atom. The molecule has 2 aromatic carbocycles. The zero-order chi connectivity index (χ0) is 16.6. The molecule has 0 aliphatic carbocycles. The molecule has 0 radical (unpaired) electrons. The molecule has 1 saturated heterocycles. The monoisotopic (exact) mass is 320 g/mol. The summed E-state index contributed by atoms with van der Waals surface area (Å²) in [5.41, 5.74) is 2.39. The van der Waals surface area contributed by atoms with Crippen LogP contribution in [0.5, 0.6) is 0 Å². The minimum absolute atomic E-state index is 0.0462. The Morgan fingerprint density at radius 3 is 2.33 bits per heavy atom. The van der Waals surface area contributed by atoms with Gasteiger partial charge in [0, 0.05) is 12.8 Å². The lowest BCUT2D eigenvalue weighted by atomic mass is 9.99. The fraction of sp³-hybridized carbons (Fsp3) is 0.273. The summed E-state index contributed by atoms with van der Waals surface area (Å²) in [7, 11) is 0. The van der Waals surface area contributed by atoms with Gasteiger partial charge in [-0.25, -0.2) is 0 Å². The van der Waals surface area contributed by atoms with E-state index >= 15 is 0 Å². The second-order valence-corrected chi connectivity index (χ2v) is 6.11. The third-order valence-corrected chi connectivity index (χ3v) is 4.23. The van der Waals surface area contributed by atoms with Crippen LogP contribution in [-0.2, 0) is 16.1 Å². The predicted octanol–water partition coefficient (Wildman–Crippen LogP) is 5.02. The Morgan fingerprint density at radius 2 is 1.62 bits per heavy atom. The molecule has 124 valence electrons. The van der Waals surface area contributed by atoms with Crippen LogP contribution in [0.3, 0.4) is 0 Å². The second-order valence-electron chi connectivity index (χ2n) is 6.11. The van der Waals surface area contributed by atoms with Crippen molar-refractivity contribution in [3.8, 4) is 0 Å². The van der Waals surface area contributed by atoms with Gasteiger partial charge in [0.2, 0.25) is 0 Å². The zero-order valence-corrected chi connectivity index (χ0v) is 13.9. The summed E-state index contributed by atoms with van der Waals surface area (Å²) in [4.78, 5) is 0. The van der Waals surface area contributed by atoms with Gasteiger partial charge in [-0.1, -0.05) is 78.9 Å². The van der Waals surface area contributed by atoms with Gasteiger partial charge < -0.3 is 9.47 Å². The van der Waals surface area contributed by atoms with E-state index in [1.807, 2.05) is 42.5 Å². The Balaban J connectivity index is 1.59. The normalized spacial score (nSPS) is 24.1. The molecule has 0 saturated carbocycles. The lowest BCUT2D eigenvalue weighted by molar-refractivity contribution is -0.0866. The summed E-state index contributed by atoms with van der Waals surface area (Å²) in [6.07, 6.45) is 8.15. The first kappa shape index (κ1) is 16.7. The molecule has 1 aliphatic heterocycles. The van der Waals surface area contributed by atoms with Gasteiger partial charge in [-0.2, -0.15) is 0 Å². The molecule has 24 heavy (non-hydrogen) atoms. The Hall–Kier alpha value is -2.16. The van der Waals surface area contributed by atoms with Gasteiger partial charge in [-0.3, -0.25) is 0 Å². The maximum atomic E-state index is 6.12. The summed E-state index contributed by atoms with van der Waals surface area (Å²) in [5.74, 6) is 0. The summed E-state index contributed by atoms with van der Waals surface area (Å²) in [6, 6.07) is 20.6. The SMILES string of the molecule is C=C[C@H]1C[C@@H](OCc2ccccc2)C[C@@H](/C=C/c2ccccc2)O1. The predicted molar refractivity (Wildman–Crippen MR) is 98.6 cm³/mol. The van der Waals surface area contributed by atoms with Crippen molar-refractivity contribution < 1.29 is 9.47 Å². The zero-order valence-electron chi connectivity index (χ0n) is 13.9. The molecule has 3 rings (SSSR count). The highest BCUT2D eigenvalue weighted by Gasteiger charge is 2.27. The van der Waals surface area contributed by atoms with Gasteiger partial charge in [-0.05, 0) is 11.1 Å². The number of ether oxygens (including phenoxy) is 2. The molecule has 0 unspecified atom stereocenters. The van der Waals surface area contributed by atoms with Crippen molar-refractivity contribution in [3.63, 3.8) is 0 Å². The third-order valence-electron chi connectivity index (χ3n) is 4.23. The molecule has 1 heterocycles. The minimum atomic E-state index is 0.0462. The number of hydrogen-bond acceptors (Lipinski definition) is 2. The van der Waals surface area contributed by atoms with E-state index in [2.05, 4.69) is 43.0 Å². The van der Waals surface area contributed by atoms with Crippen LogP contribution in [0.2, 0.25) is 0 Å². The molecule has 2 aromatic rings. The minimum Gasteiger partial charge on any atom is -0.373 e. The highest BCUT2D eigenvalue weighted by Crippen LogP contribution is 2.25. The third kappa shape index (κ3) is 4.92. The van der Waals surface area contributed by atoms with Crippen molar-refractivity contribution in [1.82, 2.24) is 0 Å². The molecule has 2 nitrogen and oxygen atoms in total. The first-order valence-electron chi connectivity index (χ1n) is 8.50. The Kier molecular flexibility index (Phi) is 6.00. The highest BCUT2D eigenvalue weighted by atomic mass is 16.5. The average molecular weight is 320 g/mol. The summed E-state index contributed by atoms with van der Waals surface area (Å²) >= 11 is 0. The van der Waals surface area contributed by atoms with Gasteiger partial charge in [-0.15, -0.1) is 6.58 Å². The molecule has 0 amide bonds. The van der Waals surface area contributed by atoms with Gasteiger partial charge in [0.25, 0.3) is 0 Å². The van der Waals surface area contributed by atoms with E-state index < -0.39 is 0 Å². The van der Waals surface area contributed by atoms with Crippen LogP contribution in [-0.4, -0.2) is 18.3 Å². The van der Waals surface area contributed by atoms with Gasteiger partial charge in [0.05, 0.1) is 24.9 Å². The van der Waals surface area contributed by atoms with Gasteiger partial charge in [0.15, 0.2) is 0 Å². The maximum absolute atomic E-state index is 6.12. The summed E-state index contributed by atoms with van der Waals surface area (Å²) in [5, 5.41) is 0. The number of hydrogen-bond donors (Lipinski definition) is 0. The largest absolute Gasteiger partial charge is 0.373 e. The summed E-state index contributed by atoms with van der Waals surface area (Å²) < 4.78 is 12.2. The van der Waals surface area contributed by atoms with E-state index in [1.165, 1.54) is 11.1 Å². The quantitative estimate of drug-likeness (QED) is 0.696. The topological polar surface area (TPSA) is 18.5 Å². The standard InChI is InChI=1S/C22H24O2/c1-2-20-15-22(23-17-19-11-7-4-8-12-19)16-21(24-20)14-13-18-9-5-3-6-10-18/h2-14,20-22H,1,15-17H2/b14-13+/t20-,21+,22+/m0/s1. The van der Waals surface area contributed by atoms with Crippen molar-refractivity contribution in [3.05, 3.63) is 90.5 Å². The van der Waals surface area contributed by atoms with Crippen LogP contribution in [0.25, 0.3) is 6.08 Å². The Labute approximate surface area is 144 Å². The van der Waals surface area contributed by atoms with Crippen molar-refractivity contribution in [2.24, 2.45) is 0 Å². The van der Waals surface area contributed by atoms with Crippen LogP contribution in [0.15, 0.2) is 79.4 Å². The second kappa shape index (κ2) is 8.62. The molecule has 0 aromatic heterocycles. The van der Waals surface area contributed by atoms with E-state index in [4.69, 9.17) is 9.47 Å². The van der Waals surface area contributed by atoms with Crippen molar-refractivity contribution in [2.45, 2.75) is 37.8 Å². The average Bonchev–Trinajstić information content (AvgIpc) is 2.66. The lowest BCUT2D eigenvalue weighted by Gasteiger charge is -2.32. The first-order chi connectivity index (χ1) is 11.8. The van der Waals surface area contributed by atoms with Gasteiger partial charge >= 0.3 is 0 Å². The molecular formula is C22H24O2. The van der Waals surface area contributed by atoms with Crippen molar-refractivity contribution in [1.29, 1.82) is 0 Å². The molecular weight excluding hydrogens is 296 g/mol. The van der Waals surface area contributed by atoms with Crippen LogP contribution in [0, 0.1) is 0 Å². The van der Waals surface area contributed by atoms with E-state index in [-0.39, 0.29) is 18.3 Å². The lowest BCUT2D eigenvalue weighted by Crippen LogP contribution is -2.35. The molecule has 0 spiro atoms. The molecule has 1 fully saturated rings. The van der Waals surface area contributed by atoms with Crippen molar-refractivity contribution in [2.75, 3.05) is 0 Å². The molecule has 0 N–H and O–H groups in total. The highest BCUT2D eigenvalue weighted by molar-refractivity contribution is 5.49. The number of benzene rings is 2. The maximum Gasteiger partial charge on any atom is 0.0791 e. The van der Waals surface area contributed by atoms with Gasteiger partial charge in [0.1, 0.15) is 0 Å². The molecule has 1 aliphatic rings. The fourth-order valence-corrected chi connectivity index (χ4v) is 2.93. The van der Waals surface area contributed by atoms with E-state index in [9.17, 15) is 0 Å². The molecule has 3 atom stereocenters. The first-order valence-corrected chi connectivity index (χ1v) is 8.50. The summed E-state index contributed by atoms with van der Waals surface area (Å²) in [6.45, 7) is 4.53. The van der Waals surface area contributed by atoms with Crippen LogP contribution in [0.4, 0.5) is 0 Å². The smallest absolute Gasteiger partial charge is 0.0791 e. The van der Waals surface area contributed by atoms with Crippen molar-refractivity contribution >= 4 is 6.08 Å². The van der Waals surface area contributed by atoms with E-state index in [1.54, 1.807) is 0 Å². The van der Waals surface area contributed by atoms with E-state index in [0.29, 0.717) is 6.61 Å². The molecule has 0 bridgehead atoms. The molecule has 2 heteroatoms. The van der Waals surface area contributed by atoms with Crippen LogP contribution in [0.1, 0.15) is 24.0 Å². The van der Waals surface area contributed by atoms with E-state index in [0.717, 1.165) is 12.8 Å². The van der Waals surface area contributed by atoms with Crippen LogP contribution < -0.4 is 0 Å².